The first kappa shape index (κ1) is 29.8. The molecule has 1 aromatic heterocycles. The van der Waals surface area contributed by atoms with Crippen LogP contribution in [0.3, 0.4) is 0 Å². The normalized spacial score (nSPS) is 12.1. The Morgan fingerprint density at radius 1 is 0.415 bits per heavy atom. The van der Waals surface area contributed by atoms with Crippen LogP contribution >= 0.6 is 0 Å². The number of anilines is 3. The number of hydrogen-bond donors (Lipinski definition) is 0. The fourth-order valence-electron chi connectivity index (χ4n) is 8.62. The predicted molar refractivity (Wildman–Crippen MR) is 223 cm³/mol. The van der Waals surface area contributed by atoms with Crippen LogP contribution in [-0.2, 0) is 6.42 Å². The molecule has 0 saturated carbocycles. The van der Waals surface area contributed by atoms with Crippen molar-refractivity contribution in [2.75, 3.05) is 4.90 Å². The Hall–Kier alpha value is -6.90. The summed E-state index contributed by atoms with van der Waals surface area (Å²) in [5.74, 6) is 0. The van der Waals surface area contributed by atoms with E-state index in [4.69, 9.17) is 4.42 Å². The molecule has 53 heavy (non-hydrogen) atoms. The van der Waals surface area contributed by atoms with Gasteiger partial charge in [-0.25, -0.2) is 0 Å². The van der Waals surface area contributed by atoms with Crippen LogP contribution in [0.25, 0.3) is 76.9 Å². The van der Waals surface area contributed by atoms with Gasteiger partial charge in [-0.05, 0) is 104 Å². The van der Waals surface area contributed by atoms with E-state index in [-0.39, 0.29) is 0 Å². The first-order valence-electron chi connectivity index (χ1n) is 18.3. The van der Waals surface area contributed by atoms with E-state index in [1.54, 1.807) is 0 Å². The van der Waals surface area contributed by atoms with Crippen LogP contribution in [0.2, 0.25) is 0 Å². The summed E-state index contributed by atoms with van der Waals surface area (Å²) in [5.41, 5.74) is 15.3. The van der Waals surface area contributed by atoms with Gasteiger partial charge in [-0.2, -0.15) is 0 Å². The number of nitrogens with zero attached hydrogens (tertiary/aromatic N) is 1. The van der Waals surface area contributed by atoms with E-state index in [1.807, 2.05) is 0 Å². The Labute approximate surface area is 307 Å². The number of hydrogen-bond acceptors (Lipinski definition) is 2. The molecule has 10 aromatic rings. The molecule has 248 valence electrons. The van der Waals surface area contributed by atoms with Crippen molar-refractivity contribution in [1.29, 1.82) is 0 Å². The molecule has 0 bridgehead atoms. The average molecular weight is 676 g/mol. The molecule has 0 fully saturated rings. The van der Waals surface area contributed by atoms with Crippen molar-refractivity contribution in [3.8, 4) is 33.4 Å². The maximum atomic E-state index is 6.95. The lowest BCUT2D eigenvalue weighted by Gasteiger charge is -2.27. The second-order valence-electron chi connectivity index (χ2n) is 14.0. The van der Waals surface area contributed by atoms with E-state index in [2.05, 4.69) is 193 Å². The summed E-state index contributed by atoms with van der Waals surface area (Å²) in [6, 6.07) is 68.0. The van der Waals surface area contributed by atoms with Crippen molar-refractivity contribution in [1.82, 2.24) is 0 Å². The average Bonchev–Trinajstić information content (AvgIpc) is 3.79. The van der Waals surface area contributed by atoms with Crippen LogP contribution < -0.4 is 4.90 Å². The molecule has 0 aliphatic heterocycles. The molecular weight excluding hydrogens is 643 g/mol. The highest BCUT2D eigenvalue weighted by atomic mass is 16.3. The van der Waals surface area contributed by atoms with Gasteiger partial charge in [0.2, 0.25) is 0 Å². The summed E-state index contributed by atoms with van der Waals surface area (Å²) in [6.45, 7) is 0. The highest BCUT2D eigenvalue weighted by Gasteiger charge is 2.25. The lowest BCUT2D eigenvalue weighted by Crippen LogP contribution is -2.10. The summed E-state index contributed by atoms with van der Waals surface area (Å²) < 4.78 is 6.95. The third kappa shape index (κ3) is 4.73. The van der Waals surface area contributed by atoms with Gasteiger partial charge in [0.25, 0.3) is 0 Å². The highest BCUT2D eigenvalue weighted by molar-refractivity contribution is 6.19. The second kappa shape index (κ2) is 11.8. The van der Waals surface area contributed by atoms with Gasteiger partial charge in [-0.3, -0.25) is 0 Å². The molecule has 0 spiro atoms. The number of rotatable bonds is 5. The van der Waals surface area contributed by atoms with Crippen LogP contribution in [0.4, 0.5) is 17.1 Å². The zero-order valence-electron chi connectivity index (χ0n) is 29.0. The first-order chi connectivity index (χ1) is 26.3. The van der Waals surface area contributed by atoms with Crippen molar-refractivity contribution >= 4 is 60.5 Å². The number of fused-ring (bicyclic) bond motifs is 8. The van der Waals surface area contributed by atoms with Crippen molar-refractivity contribution in [2.45, 2.75) is 6.42 Å². The first-order valence-corrected chi connectivity index (χ1v) is 18.3. The van der Waals surface area contributed by atoms with Gasteiger partial charge in [0.15, 0.2) is 0 Å². The Morgan fingerprint density at radius 2 is 1.08 bits per heavy atom. The molecule has 0 saturated heterocycles. The van der Waals surface area contributed by atoms with Crippen LogP contribution in [0.1, 0.15) is 11.1 Å². The van der Waals surface area contributed by atoms with E-state index < -0.39 is 0 Å². The number of furan rings is 1. The largest absolute Gasteiger partial charge is 0.455 e. The van der Waals surface area contributed by atoms with Crippen LogP contribution in [-0.4, -0.2) is 0 Å². The van der Waals surface area contributed by atoms with E-state index in [9.17, 15) is 0 Å². The molecule has 0 radical (unpaired) electrons. The Morgan fingerprint density at radius 3 is 1.96 bits per heavy atom. The molecule has 0 amide bonds. The summed E-state index contributed by atoms with van der Waals surface area (Å²) in [5, 5.41) is 7.05. The summed E-state index contributed by atoms with van der Waals surface area (Å²) in [6.07, 6.45) is 0.916. The van der Waals surface area contributed by atoms with Crippen molar-refractivity contribution in [3.05, 3.63) is 199 Å². The second-order valence-corrected chi connectivity index (χ2v) is 14.0. The fraction of sp³-hybridized carbons (Fsp3) is 0.0196. The predicted octanol–water partition coefficient (Wildman–Crippen LogP) is 14.3. The molecular formula is C51H33NO. The van der Waals surface area contributed by atoms with Crippen molar-refractivity contribution < 1.29 is 4.42 Å². The molecule has 0 N–H and O–H groups in total. The Bertz CT molecular complexity index is 3020. The molecule has 1 aliphatic carbocycles. The van der Waals surface area contributed by atoms with Crippen molar-refractivity contribution in [2.24, 2.45) is 0 Å². The minimum atomic E-state index is 0.883. The maximum Gasteiger partial charge on any atom is 0.143 e. The summed E-state index contributed by atoms with van der Waals surface area (Å²) in [7, 11) is 0. The van der Waals surface area contributed by atoms with E-state index in [0.717, 1.165) is 45.4 Å². The molecule has 9 aromatic carbocycles. The third-order valence-corrected chi connectivity index (χ3v) is 11.1. The fourth-order valence-corrected chi connectivity index (χ4v) is 8.62. The minimum Gasteiger partial charge on any atom is -0.455 e. The molecule has 1 heterocycles. The van der Waals surface area contributed by atoms with Gasteiger partial charge in [-0.15, -0.1) is 0 Å². The monoisotopic (exact) mass is 675 g/mol. The molecule has 1 aliphatic rings. The van der Waals surface area contributed by atoms with Crippen LogP contribution in [0.15, 0.2) is 192 Å². The standard InChI is InChI=1S/C51H33NO/c1-2-12-33(13-3-1)34-24-26-38(27-25-34)52(48-23-10-17-35-14-4-8-19-41(35)48)39-28-29-49-46(32-39)47-31-37-16-6-9-20-42(37)50(51(47)53-49)44-22-11-21-43-40-18-7-5-15-36(40)30-45(43)44/h1-29,31-32H,30H2. The van der Waals surface area contributed by atoms with Gasteiger partial charge < -0.3 is 9.32 Å². The summed E-state index contributed by atoms with van der Waals surface area (Å²) >= 11 is 0. The molecule has 0 unspecified atom stereocenters. The molecule has 0 atom stereocenters. The Balaban J connectivity index is 1.14. The molecule has 2 heteroatoms. The van der Waals surface area contributed by atoms with Gasteiger partial charge in [0, 0.05) is 33.1 Å². The third-order valence-electron chi connectivity index (χ3n) is 11.1. The van der Waals surface area contributed by atoms with E-state index in [1.165, 1.54) is 66.1 Å². The van der Waals surface area contributed by atoms with Gasteiger partial charge in [0.05, 0.1) is 5.69 Å². The van der Waals surface area contributed by atoms with Crippen LogP contribution in [0.5, 0.6) is 0 Å². The maximum absolute atomic E-state index is 6.95. The summed E-state index contributed by atoms with van der Waals surface area (Å²) in [4.78, 5) is 2.39. The van der Waals surface area contributed by atoms with Gasteiger partial charge in [0.1, 0.15) is 11.2 Å². The van der Waals surface area contributed by atoms with E-state index >= 15 is 0 Å². The minimum absolute atomic E-state index is 0.883. The molecule has 11 rings (SSSR count). The quantitative estimate of drug-likeness (QED) is 0.181. The van der Waals surface area contributed by atoms with Gasteiger partial charge >= 0.3 is 0 Å². The van der Waals surface area contributed by atoms with Gasteiger partial charge in [-0.1, -0.05) is 146 Å². The Kier molecular flexibility index (Phi) is 6.65. The topological polar surface area (TPSA) is 16.4 Å². The van der Waals surface area contributed by atoms with Crippen LogP contribution in [0, 0.1) is 0 Å². The smallest absolute Gasteiger partial charge is 0.143 e. The lowest BCUT2D eigenvalue weighted by atomic mass is 9.90. The SMILES string of the molecule is c1ccc(-c2ccc(N(c3ccc4oc5c(-c6cccc7c6Cc6ccccc6-7)c6ccccc6cc5c4c3)c3cccc4ccccc34)cc2)cc1. The zero-order valence-corrected chi connectivity index (χ0v) is 29.0. The zero-order chi connectivity index (χ0) is 34.9. The highest BCUT2D eigenvalue weighted by Crippen LogP contribution is 2.48. The van der Waals surface area contributed by atoms with Crippen molar-refractivity contribution in [3.63, 3.8) is 0 Å². The lowest BCUT2D eigenvalue weighted by molar-refractivity contribution is 0.670. The molecule has 2 nitrogen and oxygen atoms in total. The van der Waals surface area contributed by atoms with E-state index in [0.29, 0.717) is 0 Å². The number of benzene rings is 9.